The Morgan fingerprint density at radius 3 is 2.62 bits per heavy atom. The third-order valence-corrected chi connectivity index (χ3v) is 4.20. The Morgan fingerprint density at radius 1 is 1.38 bits per heavy atom. The summed E-state index contributed by atoms with van der Waals surface area (Å²) >= 11 is 0. The number of likely N-dealkylation sites (N-methyl/N-ethyl adjacent to an activating group) is 1. The number of carbonyl (C=O) groups is 3. The Bertz CT molecular complexity index is 693. The number of nitrogens with one attached hydrogen (secondary N) is 1. The van der Waals surface area contributed by atoms with E-state index in [4.69, 9.17) is 10.5 Å². The Morgan fingerprint density at radius 2 is 2.08 bits per heavy atom. The van der Waals surface area contributed by atoms with Crippen LogP contribution in [0.1, 0.15) is 13.8 Å². The highest BCUT2D eigenvalue weighted by atomic mass is 19.1. The van der Waals surface area contributed by atoms with Crippen molar-refractivity contribution >= 4 is 29.1 Å². The summed E-state index contributed by atoms with van der Waals surface area (Å²) in [4.78, 5) is 38.9. The summed E-state index contributed by atoms with van der Waals surface area (Å²) in [5.41, 5.74) is 5.62. The minimum Gasteiger partial charge on any atom is -0.370 e. The normalized spacial score (nSPS) is 15.8. The van der Waals surface area contributed by atoms with Crippen LogP contribution in [0, 0.1) is 5.82 Å². The molecule has 1 fully saturated rings. The summed E-state index contributed by atoms with van der Waals surface area (Å²) in [6.07, 6.45) is 0. The molecule has 0 spiro atoms. The zero-order chi connectivity index (χ0) is 19.3. The van der Waals surface area contributed by atoms with Gasteiger partial charge in [0.25, 0.3) is 11.8 Å². The van der Waals surface area contributed by atoms with Crippen LogP contribution in [0.5, 0.6) is 0 Å². The van der Waals surface area contributed by atoms with Gasteiger partial charge in [-0.25, -0.2) is 4.39 Å². The summed E-state index contributed by atoms with van der Waals surface area (Å²) < 4.78 is 19.5. The molecule has 3 N–H and O–H groups in total. The summed E-state index contributed by atoms with van der Waals surface area (Å²) in [6.45, 7) is 5.12. The third-order valence-electron chi connectivity index (χ3n) is 4.20. The number of ether oxygens (including phenoxy) is 1. The van der Waals surface area contributed by atoms with Crippen LogP contribution >= 0.6 is 0 Å². The molecule has 0 saturated carbocycles. The molecule has 0 radical (unpaired) electrons. The topological polar surface area (TPSA) is 105 Å². The van der Waals surface area contributed by atoms with Crippen LogP contribution in [-0.2, 0) is 19.1 Å². The van der Waals surface area contributed by atoms with Gasteiger partial charge in [0.05, 0.1) is 12.3 Å². The molecule has 26 heavy (non-hydrogen) atoms. The molecule has 1 atom stereocenters. The number of anilines is 2. The van der Waals surface area contributed by atoms with Crippen molar-refractivity contribution in [3.8, 4) is 0 Å². The first-order valence-corrected chi connectivity index (χ1v) is 8.40. The lowest BCUT2D eigenvalue weighted by atomic mass is 10.2. The van der Waals surface area contributed by atoms with E-state index in [1.165, 1.54) is 17.0 Å². The average Bonchev–Trinajstić information content (AvgIpc) is 2.61. The van der Waals surface area contributed by atoms with Crippen LogP contribution in [0.15, 0.2) is 18.2 Å². The third kappa shape index (κ3) is 4.36. The van der Waals surface area contributed by atoms with Crippen molar-refractivity contribution in [3.63, 3.8) is 0 Å². The van der Waals surface area contributed by atoms with Crippen LogP contribution in [-0.4, -0.2) is 61.5 Å². The van der Waals surface area contributed by atoms with E-state index in [2.05, 4.69) is 5.32 Å². The van der Waals surface area contributed by atoms with E-state index in [1.807, 2.05) is 0 Å². The minimum atomic E-state index is -1.19. The smallest absolute Gasteiger partial charge is 0.253 e. The van der Waals surface area contributed by atoms with Gasteiger partial charge in [-0.3, -0.25) is 19.3 Å². The first-order valence-electron chi connectivity index (χ1n) is 8.40. The summed E-state index contributed by atoms with van der Waals surface area (Å²) in [6, 6.07) is 2.85. The van der Waals surface area contributed by atoms with Gasteiger partial charge in [0, 0.05) is 12.2 Å². The van der Waals surface area contributed by atoms with Gasteiger partial charge < -0.3 is 20.7 Å². The molecule has 0 bridgehead atoms. The number of rotatable bonds is 7. The maximum absolute atomic E-state index is 14.4. The van der Waals surface area contributed by atoms with Gasteiger partial charge in [-0.1, -0.05) is 13.8 Å². The molecule has 1 saturated heterocycles. The van der Waals surface area contributed by atoms with Gasteiger partial charge in [-0.05, 0) is 31.3 Å². The maximum atomic E-state index is 14.4. The predicted octanol–water partition coefficient (Wildman–Crippen LogP) is 0.323. The van der Waals surface area contributed by atoms with Crippen LogP contribution < -0.4 is 16.0 Å². The van der Waals surface area contributed by atoms with E-state index in [-0.39, 0.29) is 18.2 Å². The number of amides is 3. The second-order valence-electron chi connectivity index (χ2n) is 5.78. The lowest BCUT2D eigenvalue weighted by Crippen LogP contribution is -2.52. The summed E-state index contributed by atoms with van der Waals surface area (Å²) in [7, 11) is 0. The highest BCUT2D eigenvalue weighted by molar-refractivity contribution is 6.09. The predicted molar refractivity (Wildman–Crippen MR) is 94.1 cm³/mol. The van der Waals surface area contributed by atoms with E-state index in [0.717, 1.165) is 6.07 Å². The standard InChI is InChI=1S/C17H23FN4O4/c1-3-21(4-2)15(16(19)24)17(25)20-13-6-5-11(9-12(13)18)22-7-8-26-10-14(22)23/h5-6,9,15H,3-4,7-8,10H2,1-2H3,(H2,19,24)(H,20,25)/t15-/m1/s1. The number of hydrogen-bond donors (Lipinski definition) is 2. The van der Waals surface area contributed by atoms with Gasteiger partial charge in [0.15, 0.2) is 6.04 Å². The summed E-state index contributed by atoms with van der Waals surface area (Å²) in [5, 5.41) is 2.40. The molecule has 3 amide bonds. The zero-order valence-electron chi connectivity index (χ0n) is 14.8. The molecule has 1 aliphatic heterocycles. The van der Waals surface area contributed by atoms with Crippen molar-refractivity contribution in [3.05, 3.63) is 24.0 Å². The Hall–Kier alpha value is -2.52. The monoisotopic (exact) mass is 366 g/mol. The van der Waals surface area contributed by atoms with Gasteiger partial charge in [0.1, 0.15) is 12.4 Å². The lowest BCUT2D eigenvalue weighted by Gasteiger charge is -2.27. The molecular formula is C17H23FN4O4. The van der Waals surface area contributed by atoms with E-state index in [1.54, 1.807) is 18.7 Å². The molecule has 8 nitrogen and oxygen atoms in total. The molecule has 2 rings (SSSR count). The number of nitrogens with two attached hydrogens (primary N) is 1. The number of halogens is 1. The fourth-order valence-electron chi connectivity index (χ4n) is 2.83. The van der Waals surface area contributed by atoms with Gasteiger partial charge in [0.2, 0.25) is 5.91 Å². The summed E-state index contributed by atoms with van der Waals surface area (Å²) in [5.74, 6) is -2.47. The van der Waals surface area contributed by atoms with Gasteiger partial charge in [-0.15, -0.1) is 0 Å². The van der Waals surface area contributed by atoms with E-state index in [9.17, 15) is 18.8 Å². The molecule has 1 heterocycles. The fourth-order valence-corrected chi connectivity index (χ4v) is 2.83. The van der Waals surface area contributed by atoms with Crippen molar-refractivity contribution < 1.29 is 23.5 Å². The molecule has 1 aromatic rings. The number of hydrogen-bond acceptors (Lipinski definition) is 5. The average molecular weight is 366 g/mol. The fraction of sp³-hybridized carbons (Fsp3) is 0.471. The van der Waals surface area contributed by atoms with Crippen molar-refractivity contribution in [2.75, 3.05) is 43.1 Å². The van der Waals surface area contributed by atoms with Gasteiger partial charge in [-0.2, -0.15) is 0 Å². The second-order valence-corrected chi connectivity index (χ2v) is 5.78. The van der Waals surface area contributed by atoms with Crippen LogP contribution in [0.3, 0.4) is 0 Å². The van der Waals surface area contributed by atoms with Crippen LogP contribution in [0.4, 0.5) is 15.8 Å². The SMILES string of the molecule is CCN(CC)[C@H](C(N)=O)C(=O)Nc1ccc(N2CCOCC2=O)cc1F. The number of nitrogens with zero attached hydrogens (tertiary/aromatic N) is 2. The maximum Gasteiger partial charge on any atom is 0.253 e. The van der Waals surface area contributed by atoms with Crippen LogP contribution in [0.25, 0.3) is 0 Å². The Labute approximate surface area is 151 Å². The molecule has 0 aromatic heterocycles. The number of carbonyl (C=O) groups excluding carboxylic acids is 3. The molecule has 0 unspecified atom stereocenters. The van der Waals surface area contributed by atoms with Gasteiger partial charge >= 0.3 is 0 Å². The first-order chi connectivity index (χ1) is 12.4. The molecule has 0 aliphatic carbocycles. The number of morpholine rings is 1. The van der Waals surface area contributed by atoms with Crippen molar-refractivity contribution in [1.82, 2.24) is 4.90 Å². The quantitative estimate of drug-likeness (QED) is 0.677. The van der Waals surface area contributed by atoms with Crippen LogP contribution in [0.2, 0.25) is 0 Å². The molecule has 9 heteroatoms. The second kappa shape index (κ2) is 8.72. The van der Waals surface area contributed by atoms with Crippen molar-refractivity contribution in [2.24, 2.45) is 5.73 Å². The Balaban J connectivity index is 2.17. The number of primary amides is 1. The molecular weight excluding hydrogens is 343 g/mol. The Kier molecular flexibility index (Phi) is 6.64. The lowest BCUT2D eigenvalue weighted by molar-refractivity contribution is -0.132. The highest BCUT2D eigenvalue weighted by Crippen LogP contribution is 2.23. The van der Waals surface area contributed by atoms with E-state index in [0.29, 0.717) is 31.9 Å². The molecule has 1 aromatic carbocycles. The van der Waals surface area contributed by atoms with E-state index >= 15 is 0 Å². The molecule has 1 aliphatic rings. The first kappa shape index (κ1) is 19.8. The van der Waals surface area contributed by atoms with Crippen molar-refractivity contribution in [1.29, 1.82) is 0 Å². The molecule has 142 valence electrons. The van der Waals surface area contributed by atoms with E-state index < -0.39 is 23.7 Å². The van der Waals surface area contributed by atoms with Crippen molar-refractivity contribution in [2.45, 2.75) is 19.9 Å². The zero-order valence-corrected chi connectivity index (χ0v) is 14.8. The highest BCUT2D eigenvalue weighted by Gasteiger charge is 2.30. The minimum absolute atomic E-state index is 0.0513. The largest absolute Gasteiger partial charge is 0.370 e. The number of benzene rings is 1.